The van der Waals surface area contributed by atoms with E-state index in [0.29, 0.717) is 19.1 Å². The Morgan fingerprint density at radius 2 is 2.25 bits per heavy atom. The summed E-state index contributed by atoms with van der Waals surface area (Å²) in [5.41, 5.74) is 0. The third kappa shape index (κ3) is 4.65. The van der Waals surface area contributed by atoms with E-state index in [9.17, 15) is 0 Å². The number of nitrogens with one attached hydrogen (secondary N) is 1. The van der Waals surface area contributed by atoms with Crippen LogP contribution in [0.4, 0.5) is 5.95 Å². The smallest absolute Gasteiger partial charge is 0.322 e. The monoisotopic (exact) mass is 296 g/mol. The van der Waals surface area contributed by atoms with Crippen LogP contribution in [0.15, 0.2) is 18.5 Å². The van der Waals surface area contributed by atoms with Crippen LogP contribution in [0.1, 0.15) is 19.8 Å². The second-order valence-corrected chi connectivity index (χ2v) is 4.45. The van der Waals surface area contributed by atoms with Crippen LogP contribution in [0, 0.1) is 0 Å². The van der Waals surface area contributed by atoms with Gasteiger partial charge in [0.2, 0.25) is 11.2 Å². The number of aryl methyl sites for hydroxylation is 1. The molecule has 0 aliphatic rings. The van der Waals surface area contributed by atoms with Crippen LogP contribution in [-0.4, -0.2) is 37.9 Å². The van der Waals surface area contributed by atoms with Gasteiger partial charge in [-0.3, -0.25) is 4.68 Å². The van der Waals surface area contributed by atoms with Crippen LogP contribution >= 0.6 is 11.6 Å². The summed E-state index contributed by atoms with van der Waals surface area (Å²) in [6.07, 6.45) is 5.47. The first kappa shape index (κ1) is 14.5. The molecule has 0 unspecified atom stereocenters. The maximum Gasteiger partial charge on any atom is 0.322 e. The summed E-state index contributed by atoms with van der Waals surface area (Å²) in [7, 11) is 0. The molecular formula is C12H17ClN6O. The third-order valence-corrected chi connectivity index (χ3v) is 2.60. The van der Waals surface area contributed by atoms with Gasteiger partial charge in [-0.25, -0.2) is 0 Å². The molecule has 0 bridgehead atoms. The van der Waals surface area contributed by atoms with Crippen molar-refractivity contribution in [1.29, 1.82) is 0 Å². The van der Waals surface area contributed by atoms with Gasteiger partial charge >= 0.3 is 6.01 Å². The number of halogens is 1. The number of hydrogen-bond donors (Lipinski definition) is 1. The summed E-state index contributed by atoms with van der Waals surface area (Å²) in [6.45, 7) is 4.11. The fourth-order valence-electron chi connectivity index (χ4n) is 1.54. The maximum absolute atomic E-state index is 5.83. The van der Waals surface area contributed by atoms with Gasteiger partial charge in [-0.05, 0) is 30.5 Å². The minimum absolute atomic E-state index is 0.126. The Morgan fingerprint density at radius 1 is 1.35 bits per heavy atom. The molecule has 0 amide bonds. The molecule has 2 heterocycles. The van der Waals surface area contributed by atoms with Gasteiger partial charge in [-0.2, -0.15) is 20.1 Å². The summed E-state index contributed by atoms with van der Waals surface area (Å²) in [5, 5.41) is 7.35. The molecule has 1 N–H and O–H groups in total. The molecule has 0 radical (unpaired) electrons. The summed E-state index contributed by atoms with van der Waals surface area (Å²) in [6, 6.07) is 2.15. The standard InChI is InChI=1S/C12H17ClN6O/c1-2-9-20-12-17-10(13)16-11(18-12)14-5-3-7-19-8-4-6-15-19/h4,6,8H,2-3,5,7,9H2,1H3,(H,14,16,17,18). The molecule has 2 aromatic rings. The number of nitrogens with zero attached hydrogens (tertiary/aromatic N) is 5. The number of hydrogen-bond acceptors (Lipinski definition) is 6. The number of rotatable bonds is 8. The zero-order valence-electron chi connectivity index (χ0n) is 11.3. The Labute approximate surface area is 122 Å². The largest absolute Gasteiger partial charge is 0.463 e. The van der Waals surface area contributed by atoms with Crippen molar-refractivity contribution in [2.45, 2.75) is 26.3 Å². The van der Waals surface area contributed by atoms with Gasteiger partial charge in [0.25, 0.3) is 0 Å². The minimum Gasteiger partial charge on any atom is -0.463 e. The van der Waals surface area contributed by atoms with Crippen molar-refractivity contribution in [2.24, 2.45) is 0 Å². The molecular weight excluding hydrogens is 280 g/mol. The third-order valence-electron chi connectivity index (χ3n) is 2.43. The zero-order valence-corrected chi connectivity index (χ0v) is 12.0. The highest BCUT2D eigenvalue weighted by Gasteiger charge is 2.05. The molecule has 0 aliphatic carbocycles. The average molecular weight is 297 g/mol. The lowest BCUT2D eigenvalue weighted by Gasteiger charge is -2.07. The minimum atomic E-state index is 0.126. The van der Waals surface area contributed by atoms with Crippen molar-refractivity contribution in [3.63, 3.8) is 0 Å². The Balaban J connectivity index is 1.80. The highest BCUT2D eigenvalue weighted by molar-refractivity contribution is 6.28. The second-order valence-electron chi connectivity index (χ2n) is 4.11. The molecule has 108 valence electrons. The first-order valence-electron chi connectivity index (χ1n) is 6.53. The van der Waals surface area contributed by atoms with Crippen LogP contribution in [0.25, 0.3) is 0 Å². The topological polar surface area (TPSA) is 77.8 Å². The molecule has 20 heavy (non-hydrogen) atoms. The highest BCUT2D eigenvalue weighted by Crippen LogP contribution is 2.11. The first-order valence-corrected chi connectivity index (χ1v) is 6.91. The number of aromatic nitrogens is 5. The van der Waals surface area contributed by atoms with Crippen LogP contribution in [0.2, 0.25) is 5.28 Å². The Bertz CT molecular complexity index is 519. The van der Waals surface area contributed by atoms with Gasteiger partial charge in [0.1, 0.15) is 0 Å². The lowest BCUT2D eigenvalue weighted by Crippen LogP contribution is -2.11. The molecule has 0 aliphatic heterocycles. The molecule has 0 atom stereocenters. The van der Waals surface area contributed by atoms with E-state index in [1.165, 1.54) is 0 Å². The molecule has 0 spiro atoms. The fourth-order valence-corrected chi connectivity index (χ4v) is 1.70. The van der Waals surface area contributed by atoms with Gasteiger partial charge in [-0.1, -0.05) is 6.92 Å². The van der Waals surface area contributed by atoms with Crippen LogP contribution < -0.4 is 10.1 Å². The fraction of sp³-hybridized carbons (Fsp3) is 0.500. The average Bonchev–Trinajstić information content (AvgIpc) is 2.94. The highest BCUT2D eigenvalue weighted by atomic mass is 35.5. The molecule has 0 saturated carbocycles. The lowest BCUT2D eigenvalue weighted by molar-refractivity contribution is 0.291. The van der Waals surface area contributed by atoms with Gasteiger partial charge in [-0.15, -0.1) is 0 Å². The predicted octanol–water partition coefficient (Wildman–Crippen LogP) is 2.01. The van der Waals surface area contributed by atoms with E-state index < -0.39 is 0 Å². The van der Waals surface area contributed by atoms with Gasteiger partial charge in [0.15, 0.2) is 0 Å². The molecule has 0 saturated heterocycles. The van der Waals surface area contributed by atoms with Crippen molar-refractivity contribution >= 4 is 17.5 Å². The Morgan fingerprint density at radius 3 is 3.00 bits per heavy atom. The molecule has 2 rings (SSSR count). The van der Waals surface area contributed by atoms with E-state index in [1.807, 2.05) is 23.9 Å². The maximum atomic E-state index is 5.83. The quantitative estimate of drug-likeness (QED) is 0.751. The van der Waals surface area contributed by atoms with Crippen LogP contribution in [0.5, 0.6) is 6.01 Å². The zero-order chi connectivity index (χ0) is 14.2. The molecule has 8 heteroatoms. The summed E-state index contributed by atoms with van der Waals surface area (Å²) in [4.78, 5) is 12.1. The Kier molecular flexibility index (Phi) is 5.55. The van der Waals surface area contributed by atoms with Crippen molar-refractivity contribution in [3.8, 4) is 6.01 Å². The Hall–Kier alpha value is -1.89. The van der Waals surface area contributed by atoms with E-state index in [0.717, 1.165) is 19.4 Å². The van der Waals surface area contributed by atoms with E-state index in [-0.39, 0.29) is 11.3 Å². The molecule has 2 aromatic heterocycles. The summed E-state index contributed by atoms with van der Waals surface area (Å²) in [5.74, 6) is 0.427. The van der Waals surface area contributed by atoms with Gasteiger partial charge in [0.05, 0.1) is 6.61 Å². The van der Waals surface area contributed by atoms with Crippen molar-refractivity contribution in [2.75, 3.05) is 18.5 Å². The molecule has 7 nitrogen and oxygen atoms in total. The first-order chi connectivity index (χ1) is 9.78. The van der Waals surface area contributed by atoms with E-state index >= 15 is 0 Å². The SMILES string of the molecule is CCCOc1nc(Cl)nc(NCCCn2cccn2)n1. The van der Waals surface area contributed by atoms with Crippen LogP contribution in [0.3, 0.4) is 0 Å². The normalized spacial score (nSPS) is 10.5. The molecule has 0 aromatic carbocycles. The van der Waals surface area contributed by atoms with E-state index in [1.54, 1.807) is 6.20 Å². The van der Waals surface area contributed by atoms with Gasteiger partial charge in [0, 0.05) is 25.5 Å². The molecule has 0 fully saturated rings. The van der Waals surface area contributed by atoms with Crippen molar-refractivity contribution in [1.82, 2.24) is 24.7 Å². The summed E-state index contributed by atoms with van der Waals surface area (Å²) >= 11 is 5.83. The van der Waals surface area contributed by atoms with Crippen LogP contribution in [-0.2, 0) is 6.54 Å². The number of anilines is 1. The van der Waals surface area contributed by atoms with E-state index in [4.69, 9.17) is 16.3 Å². The second kappa shape index (κ2) is 7.64. The van der Waals surface area contributed by atoms with Crippen molar-refractivity contribution in [3.05, 3.63) is 23.7 Å². The lowest BCUT2D eigenvalue weighted by atomic mass is 10.4. The van der Waals surface area contributed by atoms with E-state index in [2.05, 4.69) is 25.4 Å². The predicted molar refractivity (Wildman–Crippen MR) is 76.0 cm³/mol. The van der Waals surface area contributed by atoms with Gasteiger partial charge < -0.3 is 10.1 Å². The summed E-state index contributed by atoms with van der Waals surface area (Å²) < 4.78 is 7.21. The number of ether oxygens (including phenoxy) is 1. The van der Waals surface area contributed by atoms with Crippen molar-refractivity contribution < 1.29 is 4.74 Å².